The van der Waals surface area contributed by atoms with Gasteiger partial charge in [-0.05, 0) is 153 Å². The first kappa shape index (κ1) is 47.9. The van der Waals surface area contributed by atoms with Crippen molar-refractivity contribution in [1.82, 2.24) is 0 Å². The highest BCUT2D eigenvalue weighted by atomic mass is 16.1. The predicted molar refractivity (Wildman–Crippen MR) is 276 cm³/mol. The fraction of sp³-hybridized carbons (Fsp3) is 0.103. The second-order valence-corrected chi connectivity index (χ2v) is 15.1. The van der Waals surface area contributed by atoms with Crippen molar-refractivity contribution in [2.45, 2.75) is 41.5 Å². The summed E-state index contributed by atoms with van der Waals surface area (Å²) < 4.78 is 0. The molecule has 7 nitrogen and oxygen atoms in total. The fourth-order valence-electron chi connectivity index (χ4n) is 6.52. The van der Waals surface area contributed by atoms with Gasteiger partial charge in [0, 0.05) is 51.0 Å². The third-order valence-corrected chi connectivity index (χ3v) is 10.1. The average Bonchev–Trinajstić information content (AvgIpc) is 3.32. The van der Waals surface area contributed by atoms with Crippen molar-refractivity contribution in [3.8, 4) is 0 Å². The van der Waals surface area contributed by atoms with Crippen LogP contribution in [0.3, 0.4) is 0 Å². The van der Waals surface area contributed by atoms with E-state index in [1.165, 1.54) is 25.0 Å². The van der Waals surface area contributed by atoms with Crippen LogP contribution < -0.4 is 16.4 Å². The van der Waals surface area contributed by atoms with Gasteiger partial charge in [0.25, 0.3) is 0 Å². The summed E-state index contributed by atoms with van der Waals surface area (Å²) in [6.45, 7) is 7.05. The van der Waals surface area contributed by atoms with Gasteiger partial charge >= 0.3 is 0 Å². The van der Waals surface area contributed by atoms with Crippen molar-refractivity contribution in [3.63, 3.8) is 0 Å². The van der Waals surface area contributed by atoms with Crippen molar-refractivity contribution in [2.75, 3.05) is 16.4 Å². The third kappa shape index (κ3) is 15.6. The van der Waals surface area contributed by atoms with Crippen LogP contribution in [0.15, 0.2) is 222 Å². The minimum Gasteiger partial charge on any atom is -0.399 e. The molecule has 65 heavy (non-hydrogen) atoms. The van der Waals surface area contributed by atoms with Gasteiger partial charge in [-0.15, -0.1) is 0 Å². The molecule has 0 aliphatic rings. The SMILES string of the molecule is C.CC(=Nc1ccc(Nc2ccccc2)cc1)c1cccc(C(C)=Nc2ccc(Nc3ccccc3)cc2)c1.CC(=O)c1cccc(C(C)=O)c1.Nc1ccc(Cc2ccccc2)cc1. The van der Waals surface area contributed by atoms with Crippen LogP contribution >= 0.6 is 0 Å². The maximum atomic E-state index is 10.9. The lowest BCUT2D eigenvalue weighted by atomic mass is 10.0. The fourth-order valence-corrected chi connectivity index (χ4v) is 6.52. The number of carbonyl (C=O) groups is 2. The Kier molecular flexibility index (Phi) is 18.0. The molecule has 0 unspecified atom stereocenters. The van der Waals surface area contributed by atoms with Crippen LogP contribution in [0.1, 0.15) is 78.1 Å². The number of para-hydroxylation sites is 2. The summed E-state index contributed by atoms with van der Waals surface area (Å²) in [5.41, 5.74) is 20.3. The zero-order valence-corrected chi connectivity index (χ0v) is 36.7. The highest BCUT2D eigenvalue weighted by molar-refractivity contribution is 6.05. The van der Waals surface area contributed by atoms with E-state index in [0.717, 1.165) is 68.8 Å². The summed E-state index contributed by atoms with van der Waals surface area (Å²) >= 11 is 0. The smallest absolute Gasteiger partial charge is 0.159 e. The van der Waals surface area contributed by atoms with E-state index in [1.807, 2.05) is 141 Å². The van der Waals surface area contributed by atoms with Crippen molar-refractivity contribution in [3.05, 3.63) is 246 Å². The van der Waals surface area contributed by atoms with E-state index in [0.29, 0.717) is 11.1 Å². The van der Waals surface area contributed by atoms with Crippen LogP contribution in [-0.2, 0) is 6.42 Å². The van der Waals surface area contributed by atoms with Crippen LogP contribution in [0.25, 0.3) is 0 Å². The van der Waals surface area contributed by atoms with Gasteiger partial charge in [-0.1, -0.05) is 123 Å². The number of anilines is 5. The van der Waals surface area contributed by atoms with E-state index in [2.05, 4.69) is 71.3 Å². The molecule has 0 saturated heterocycles. The Hall–Kier alpha value is -8.16. The maximum Gasteiger partial charge on any atom is 0.159 e. The van der Waals surface area contributed by atoms with Crippen LogP contribution in [-0.4, -0.2) is 23.0 Å². The quantitative estimate of drug-likeness (QED) is 0.0644. The lowest BCUT2D eigenvalue weighted by molar-refractivity contribution is 0.101. The van der Waals surface area contributed by atoms with Crippen molar-refractivity contribution < 1.29 is 9.59 Å². The largest absolute Gasteiger partial charge is 0.399 e. The van der Waals surface area contributed by atoms with E-state index in [4.69, 9.17) is 15.7 Å². The molecular formula is C58H57N5O2. The number of benzene rings is 8. The number of aliphatic imine (C=N–C) groups is 2. The molecule has 0 saturated carbocycles. The molecule has 0 amide bonds. The molecule has 0 aliphatic heterocycles. The Morgan fingerprint density at radius 2 is 0.738 bits per heavy atom. The van der Waals surface area contributed by atoms with Crippen LogP contribution in [0.5, 0.6) is 0 Å². The first-order chi connectivity index (χ1) is 31.1. The minimum absolute atomic E-state index is 0. The molecular weight excluding hydrogens is 799 g/mol. The number of hydrogen-bond donors (Lipinski definition) is 3. The highest BCUT2D eigenvalue weighted by Gasteiger charge is 2.05. The van der Waals surface area contributed by atoms with E-state index in [9.17, 15) is 9.59 Å². The van der Waals surface area contributed by atoms with Crippen LogP contribution in [0.2, 0.25) is 0 Å². The molecule has 0 aliphatic carbocycles. The topological polar surface area (TPSA) is 109 Å². The number of carbonyl (C=O) groups excluding carboxylic acids is 2. The molecule has 326 valence electrons. The molecule has 0 radical (unpaired) electrons. The summed E-state index contributed by atoms with van der Waals surface area (Å²) in [7, 11) is 0. The standard InChI is InChI=1S/C34H30N4.C13H13N.C10H10O2.CH4/c1-25(35-31-16-20-33(21-17-31)37-29-12-5-3-6-13-29)27-10-9-11-28(24-27)26(2)36-32-18-22-34(23-19-32)38-30-14-7-4-8-15-30;14-13-8-6-12(7-9-13)10-11-4-2-1-3-5-11;1-7(11)9-4-3-5-10(6-9)8(2)12;/h3-24,37-38H,1-2H3;1-9H,10,14H2;3-6H,1-2H3;1H4. The lowest BCUT2D eigenvalue weighted by Gasteiger charge is -2.08. The summed E-state index contributed by atoms with van der Waals surface area (Å²) in [6, 6.07) is 70.2. The van der Waals surface area contributed by atoms with Crippen LogP contribution in [0.4, 0.5) is 39.8 Å². The van der Waals surface area contributed by atoms with Gasteiger partial charge in [0.05, 0.1) is 11.4 Å². The molecule has 0 fully saturated rings. The molecule has 8 rings (SSSR count). The number of nitrogens with two attached hydrogens (primary N) is 1. The van der Waals surface area contributed by atoms with Gasteiger partial charge in [-0.3, -0.25) is 19.6 Å². The second kappa shape index (κ2) is 24.5. The van der Waals surface area contributed by atoms with Crippen molar-refractivity contribution >= 4 is 62.8 Å². The van der Waals surface area contributed by atoms with E-state index >= 15 is 0 Å². The maximum absolute atomic E-state index is 10.9. The van der Waals surface area contributed by atoms with E-state index in [1.54, 1.807) is 24.3 Å². The van der Waals surface area contributed by atoms with E-state index in [-0.39, 0.29) is 19.0 Å². The van der Waals surface area contributed by atoms with Crippen LogP contribution in [0, 0.1) is 0 Å². The summed E-state index contributed by atoms with van der Waals surface area (Å²) in [4.78, 5) is 31.5. The third-order valence-electron chi connectivity index (χ3n) is 10.1. The minimum atomic E-state index is -0.0156. The molecule has 4 N–H and O–H groups in total. The van der Waals surface area contributed by atoms with Gasteiger partial charge < -0.3 is 16.4 Å². The van der Waals surface area contributed by atoms with Crippen molar-refractivity contribution in [2.24, 2.45) is 9.98 Å². The van der Waals surface area contributed by atoms with Gasteiger partial charge in [0.15, 0.2) is 11.6 Å². The van der Waals surface area contributed by atoms with Gasteiger partial charge in [-0.2, -0.15) is 0 Å². The number of Topliss-reactive ketones (excluding diaryl/α,β-unsaturated/α-hetero) is 2. The van der Waals surface area contributed by atoms with Gasteiger partial charge in [-0.25, -0.2) is 0 Å². The Labute approximate surface area is 384 Å². The zero-order chi connectivity index (χ0) is 45.1. The number of rotatable bonds is 12. The number of nitrogens with zero attached hydrogens (tertiary/aromatic N) is 2. The monoisotopic (exact) mass is 855 g/mol. The molecule has 0 atom stereocenters. The number of hydrogen-bond acceptors (Lipinski definition) is 7. The summed E-state index contributed by atoms with van der Waals surface area (Å²) in [5.74, 6) is -0.0313. The normalized spacial score (nSPS) is 10.8. The molecule has 8 aromatic rings. The number of nitrogens with one attached hydrogen (secondary N) is 2. The number of nitrogen functional groups attached to an aromatic ring is 1. The molecule has 0 spiro atoms. The molecule has 0 bridgehead atoms. The Balaban J connectivity index is 0.000000239. The molecule has 7 heteroatoms. The van der Waals surface area contributed by atoms with Crippen molar-refractivity contribution in [1.29, 1.82) is 0 Å². The number of ketones is 2. The first-order valence-electron chi connectivity index (χ1n) is 21.1. The van der Waals surface area contributed by atoms with Gasteiger partial charge in [0.2, 0.25) is 0 Å². The summed E-state index contributed by atoms with van der Waals surface area (Å²) in [6.07, 6.45) is 0.973. The van der Waals surface area contributed by atoms with Gasteiger partial charge in [0.1, 0.15) is 0 Å². The zero-order valence-electron chi connectivity index (χ0n) is 36.7. The average molecular weight is 856 g/mol. The molecule has 8 aromatic carbocycles. The molecule has 0 heterocycles. The second-order valence-electron chi connectivity index (χ2n) is 15.1. The predicted octanol–water partition coefficient (Wildman–Crippen LogP) is 15.0. The Bertz CT molecular complexity index is 2640. The Morgan fingerprint density at radius 3 is 1.14 bits per heavy atom. The lowest BCUT2D eigenvalue weighted by Crippen LogP contribution is -1.99. The Morgan fingerprint density at radius 1 is 0.400 bits per heavy atom. The molecule has 0 aromatic heterocycles. The first-order valence-corrected chi connectivity index (χ1v) is 21.1. The summed E-state index contributed by atoms with van der Waals surface area (Å²) in [5, 5.41) is 6.81. The highest BCUT2D eigenvalue weighted by Crippen LogP contribution is 2.24. The van der Waals surface area contributed by atoms with E-state index < -0.39 is 0 Å².